The van der Waals surface area contributed by atoms with Crippen LogP contribution in [0.4, 0.5) is 5.69 Å². The van der Waals surface area contributed by atoms with E-state index in [2.05, 4.69) is 32.0 Å². The fraction of sp³-hybridized carbons (Fsp3) is 0.438. The molecule has 1 aromatic carbocycles. The van der Waals surface area contributed by atoms with E-state index in [1.165, 1.54) is 16.7 Å². The van der Waals surface area contributed by atoms with Crippen LogP contribution >= 0.6 is 0 Å². The van der Waals surface area contributed by atoms with Crippen LogP contribution < -0.4 is 4.90 Å². The van der Waals surface area contributed by atoms with Crippen molar-refractivity contribution in [3.8, 4) is 0 Å². The predicted octanol–water partition coefficient (Wildman–Crippen LogP) is 3.06. The zero-order valence-corrected chi connectivity index (χ0v) is 12.6. The molecule has 0 saturated carbocycles. The molecule has 100 valence electrons. The molecular weight excluding hydrogens is 254 g/mol. The summed E-state index contributed by atoms with van der Waals surface area (Å²) in [5, 5.41) is 0.536. The Morgan fingerprint density at radius 1 is 1.16 bits per heavy atom. The van der Waals surface area contributed by atoms with E-state index in [0.29, 0.717) is 11.0 Å². The first-order chi connectivity index (χ1) is 9.08. The van der Waals surface area contributed by atoms with Crippen molar-refractivity contribution in [3.63, 3.8) is 0 Å². The van der Waals surface area contributed by atoms with Crippen LogP contribution in [-0.4, -0.2) is 24.5 Å². The molecule has 2 unspecified atom stereocenters. The molecule has 0 N–H and O–H groups in total. The summed E-state index contributed by atoms with van der Waals surface area (Å²) in [6.45, 7) is 4.47. The fourth-order valence-corrected chi connectivity index (χ4v) is 5.83. The number of nitrogens with zero attached hydrogens (tertiary/aromatic N) is 1. The SMILES string of the molecule is CC1=C(C)C[S+]2CC(=O)N(C)c3ccccc3C2C1. The van der Waals surface area contributed by atoms with Gasteiger partial charge in [-0.1, -0.05) is 23.8 Å². The number of allylic oxidation sites excluding steroid dienone is 1. The largest absolute Gasteiger partial charge is 0.311 e. The van der Waals surface area contributed by atoms with Crippen molar-refractivity contribution in [2.45, 2.75) is 25.5 Å². The number of anilines is 1. The van der Waals surface area contributed by atoms with E-state index in [1.54, 1.807) is 0 Å². The summed E-state index contributed by atoms with van der Waals surface area (Å²) in [6, 6.07) is 8.43. The Hall–Kier alpha value is -1.22. The molecule has 3 heteroatoms. The highest BCUT2D eigenvalue weighted by Gasteiger charge is 2.43. The lowest BCUT2D eigenvalue weighted by Crippen LogP contribution is -2.33. The van der Waals surface area contributed by atoms with Crippen LogP contribution in [0, 0.1) is 0 Å². The van der Waals surface area contributed by atoms with E-state index in [-0.39, 0.29) is 16.8 Å². The molecule has 0 aliphatic carbocycles. The highest BCUT2D eigenvalue weighted by atomic mass is 32.2. The first-order valence-electron chi connectivity index (χ1n) is 6.75. The maximum atomic E-state index is 12.3. The molecule has 0 saturated heterocycles. The Morgan fingerprint density at radius 2 is 1.89 bits per heavy atom. The molecule has 0 radical (unpaired) electrons. The van der Waals surface area contributed by atoms with Gasteiger partial charge < -0.3 is 4.90 Å². The molecule has 2 aliphatic rings. The summed E-state index contributed by atoms with van der Waals surface area (Å²) >= 11 is 0. The van der Waals surface area contributed by atoms with Crippen LogP contribution in [0.1, 0.15) is 31.1 Å². The zero-order valence-electron chi connectivity index (χ0n) is 11.8. The quantitative estimate of drug-likeness (QED) is 0.526. The Balaban J connectivity index is 2.11. The van der Waals surface area contributed by atoms with Gasteiger partial charge in [-0.05, 0) is 25.5 Å². The summed E-state index contributed by atoms with van der Waals surface area (Å²) in [4.78, 5) is 14.2. The number of hydrogen-bond acceptors (Lipinski definition) is 1. The van der Waals surface area contributed by atoms with Crippen molar-refractivity contribution in [2.75, 3.05) is 23.5 Å². The summed E-state index contributed by atoms with van der Waals surface area (Å²) in [7, 11) is 2.08. The number of hydrogen-bond donors (Lipinski definition) is 0. The number of benzene rings is 1. The highest BCUT2D eigenvalue weighted by Crippen LogP contribution is 2.43. The van der Waals surface area contributed by atoms with Gasteiger partial charge in [0.15, 0.2) is 5.75 Å². The number of fused-ring (bicyclic) bond motifs is 3. The molecule has 1 aromatic rings. The van der Waals surface area contributed by atoms with Gasteiger partial charge >= 0.3 is 0 Å². The van der Waals surface area contributed by atoms with E-state index < -0.39 is 0 Å². The molecular formula is C16H20NOS+. The second-order valence-electron chi connectivity index (χ2n) is 5.59. The summed E-state index contributed by atoms with van der Waals surface area (Å²) < 4.78 is 0. The normalized spacial score (nSPS) is 26.9. The minimum Gasteiger partial charge on any atom is -0.311 e. The number of para-hydroxylation sites is 1. The molecule has 2 atom stereocenters. The van der Waals surface area contributed by atoms with Crippen molar-refractivity contribution in [1.82, 2.24) is 0 Å². The molecule has 0 bridgehead atoms. The van der Waals surface area contributed by atoms with E-state index in [1.807, 2.05) is 18.0 Å². The van der Waals surface area contributed by atoms with Gasteiger partial charge in [-0.15, -0.1) is 0 Å². The van der Waals surface area contributed by atoms with E-state index >= 15 is 0 Å². The number of carbonyl (C=O) groups is 1. The predicted molar refractivity (Wildman–Crippen MR) is 82.7 cm³/mol. The molecule has 0 aromatic heterocycles. The van der Waals surface area contributed by atoms with Crippen LogP contribution in [0.15, 0.2) is 35.4 Å². The lowest BCUT2D eigenvalue weighted by molar-refractivity contribution is -0.115. The monoisotopic (exact) mass is 274 g/mol. The van der Waals surface area contributed by atoms with Gasteiger partial charge in [0.05, 0.1) is 5.69 Å². The van der Waals surface area contributed by atoms with Crippen LogP contribution in [0.5, 0.6) is 0 Å². The van der Waals surface area contributed by atoms with Crippen LogP contribution in [-0.2, 0) is 15.7 Å². The van der Waals surface area contributed by atoms with Crippen molar-refractivity contribution >= 4 is 22.5 Å². The molecule has 2 nitrogen and oxygen atoms in total. The molecule has 2 heterocycles. The van der Waals surface area contributed by atoms with Crippen LogP contribution in [0.3, 0.4) is 0 Å². The minimum atomic E-state index is 0.168. The minimum absolute atomic E-state index is 0.168. The van der Waals surface area contributed by atoms with Crippen LogP contribution in [0.2, 0.25) is 0 Å². The highest BCUT2D eigenvalue weighted by molar-refractivity contribution is 7.98. The first kappa shape index (κ1) is 12.8. The van der Waals surface area contributed by atoms with Crippen LogP contribution in [0.25, 0.3) is 0 Å². The third-order valence-electron chi connectivity index (χ3n) is 4.35. The third kappa shape index (κ3) is 2.10. The fourth-order valence-electron chi connectivity index (χ4n) is 2.97. The Morgan fingerprint density at radius 3 is 2.68 bits per heavy atom. The van der Waals surface area contributed by atoms with Gasteiger partial charge in [-0.25, -0.2) is 0 Å². The second kappa shape index (κ2) is 4.71. The third-order valence-corrected chi connectivity index (χ3v) is 7.00. The average Bonchev–Trinajstić information content (AvgIpc) is 2.50. The molecule has 2 aliphatic heterocycles. The van der Waals surface area contributed by atoms with Crippen molar-refractivity contribution in [2.24, 2.45) is 0 Å². The van der Waals surface area contributed by atoms with E-state index in [9.17, 15) is 4.79 Å². The summed E-state index contributed by atoms with van der Waals surface area (Å²) in [5.41, 5.74) is 5.49. The standard InChI is InChI=1S/C16H20NOS/c1-11-8-15-13-6-4-5-7-14(13)17(3)16(18)10-19(15)9-12(11)2/h4-7,15H,8-10H2,1-3H3/q+1. The maximum absolute atomic E-state index is 12.3. The maximum Gasteiger partial charge on any atom is 0.276 e. The zero-order chi connectivity index (χ0) is 13.6. The van der Waals surface area contributed by atoms with E-state index in [0.717, 1.165) is 17.9 Å². The Kier molecular flexibility index (Phi) is 3.17. The molecule has 0 spiro atoms. The van der Waals surface area contributed by atoms with Gasteiger partial charge in [0.25, 0.3) is 5.91 Å². The average molecular weight is 274 g/mol. The van der Waals surface area contributed by atoms with Gasteiger partial charge in [-0.3, -0.25) is 4.79 Å². The number of rotatable bonds is 0. The van der Waals surface area contributed by atoms with Gasteiger partial charge in [-0.2, -0.15) is 0 Å². The van der Waals surface area contributed by atoms with Crippen molar-refractivity contribution in [1.29, 1.82) is 0 Å². The topological polar surface area (TPSA) is 20.3 Å². The summed E-state index contributed by atoms with van der Waals surface area (Å²) in [6.07, 6.45) is 1.12. The lowest BCUT2D eigenvalue weighted by atomic mass is 10.00. The van der Waals surface area contributed by atoms with Gasteiger partial charge in [0.1, 0.15) is 11.0 Å². The van der Waals surface area contributed by atoms with Crippen molar-refractivity contribution in [3.05, 3.63) is 41.0 Å². The molecule has 0 fully saturated rings. The van der Waals surface area contributed by atoms with Gasteiger partial charge in [0.2, 0.25) is 0 Å². The first-order valence-corrected chi connectivity index (χ1v) is 8.37. The molecule has 3 rings (SSSR count). The van der Waals surface area contributed by atoms with E-state index in [4.69, 9.17) is 0 Å². The molecule has 1 amide bonds. The molecule has 19 heavy (non-hydrogen) atoms. The Bertz CT molecular complexity index is 564. The number of carbonyl (C=O) groups excluding carboxylic acids is 1. The lowest BCUT2D eigenvalue weighted by Gasteiger charge is -2.24. The smallest absolute Gasteiger partial charge is 0.276 e. The number of amides is 1. The van der Waals surface area contributed by atoms with Crippen molar-refractivity contribution < 1.29 is 4.79 Å². The Labute approximate surface area is 117 Å². The second-order valence-corrected chi connectivity index (χ2v) is 7.81. The summed E-state index contributed by atoms with van der Waals surface area (Å²) in [5.74, 6) is 2.08. The van der Waals surface area contributed by atoms with Gasteiger partial charge in [0, 0.05) is 29.9 Å².